The molecule has 0 saturated heterocycles. The van der Waals surface area contributed by atoms with Crippen molar-refractivity contribution in [3.63, 3.8) is 0 Å². The predicted octanol–water partition coefficient (Wildman–Crippen LogP) is 4.45. The maximum atomic E-state index is 10.1. The molecular formula is C18H22O2. The molecule has 2 rings (SSSR count). The SMILES string of the molecule is CCc1cc(-c2ccc(CC)c(CC)c2)c(O)cc1O. The van der Waals surface area contributed by atoms with Gasteiger partial charge in [0.2, 0.25) is 0 Å². The van der Waals surface area contributed by atoms with Crippen LogP contribution in [0, 0.1) is 0 Å². The molecule has 2 N–H and O–H groups in total. The van der Waals surface area contributed by atoms with Gasteiger partial charge in [0, 0.05) is 11.6 Å². The van der Waals surface area contributed by atoms with E-state index in [4.69, 9.17) is 0 Å². The molecule has 0 saturated carbocycles. The van der Waals surface area contributed by atoms with Gasteiger partial charge in [0.15, 0.2) is 0 Å². The van der Waals surface area contributed by atoms with Crippen LogP contribution in [0.5, 0.6) is 11.5 Å². The lowest BCUT2D eigenvalue weighted by Gasteiger charge is -2.12. The number of benzene rings is 2. The predicted molar refractivity (Wildman–Crippen MR) is 83.3 cm³/mol. The number of hydrogen-bond acceptors (Lipinski definition) is 2. The van der Waals surface area contributed by atoms with Crippen LogP contribution in [0.1, 0.15) is 37.5 Å². The van der Waals surface area contributed by atoms with Gasteiger partial charge >= 0.3 is 0 Å². The van der Waals surface area contributed by atoms with Gasteiger partial charge in [0.1, 0.15) is 11.5 Å². The standard InChI is InChI=1S/C18H22O2/c1-4-12-7-8-15(9-13(12)5-2)16-10-14(6-3)17(19)11-18(16)20/h7-11,19-20H,4-6H2,1-3H3. The van der Waals surface area contributed by atoms with Crippen molar-refractivity contribution < 1.29 is 10.2 Å². The summed E-state index contributed by atoms with van der Waals surface area (Å²) < 4.78 is 0. The second-order valence-electron chi connectivity index (χ2n) is 5.04. The molecule has 0 aliphatic carbocycles. The fraction of sp³-hybridized carbons (Fsp3) is 0.333. The van der Waals surface area contributed by atoms with E-state index in [1.165, 1.54) is 17.2 Å². The van der Waals surface area contributed by atoms with Crippen molar-refractivity contribution in [2.24, 2.45) is 0 Å². The summed E-state index contributed by atoms with van der Waals surface area (Å²) in [7, 11) is 0. The van der Waals surface area contributed by atoms with E-state index < -0.39 is 0 Å². The average Bonchev–Trinajstić information content (AvgIpc) is 2.46. The summed E-state index contributed by atoms with van der Waals surface area (Å²) in [6.07, 6.45) is 2.74. The molecule has 20 heavy (non-hydrogen) atoms. The summed E-state index contributed by atoms with van der Waals surface area (Å²) in [6, 6.07) is 9.64. The van der Waals surface area contributed by atoms with Crippen LogP contribution in [0.2, 0.25) is 0 Å². The molecule has 0 heterocycles. The normalized spacial score (nSPS) is 10.8. The Balaban J connectivity index is 2.56. The smallest absolute Gasteiger partial charge is 0.127 e. The number of phenolic OH excluding ortho intramolecular Hbond substituents is 2. The van der Waals surface area contributed by atoms with E-state index in [1.54, 1.807) is 0 Å². The zero-order chi connectivity index (χ0) is 14.7. The second-order valence-corrected chi connectivity index (χ2v) is 5.04. The lowest BCUT2D eigenvalue weighted by molar-refractivity contribution is 0.447. The number of phenols is 2. The summed E-state index contributed by atoms with van der Waals surface area (Å²) in [5.74, 6) is 0.292. The van der Waals surface area contributed by atoms with Crippen LogP contribution in [0.4, 0.5) is 0 Å². The molecule has 2 aromatic rings. The topological polar surface area (TPSA) is 40.5 Å². The maximum absolute atomic E-state index is 10.1. The van der Waals surface area contributed by atoms with Gasteiger partial charge in [-0.3, -0.25) is 0 Å². The molecular weight excluding hydrogens is 248 g/mol. The molecule has 0 radical (unpaired) electrons. The molecule has 2 heteroatoms. The Labute approximate surface area is 120 Å². The highest BCUT2D eigenvalue weighted by Crippen LogP contribution is 2.36. The largest absolute Gasteiger partial charge is 0.508 e. The van der Waals surface area contributed by atoms with E-state index >= 15 is 0 Å². The van der Waals surface area contributed by atoms with Gasteiger partial charge in [0.25, 0.3) is 0 Å². The Morgan fingerprint density at radius 1 is 0.700 bits per heavy atom. The lowest BCUT2D eigenvalue weighted by atomic mass is 9.94. The van der Waals surface area contributed by atoms with Gasteiger partial charge in [0.05, 0.1) is 0 Å². The van der Waals surface area contributed by atoms with Crippen molar-refractivity contribution in [3.05, 3.63) is 47.0 Å². The van der Waals surface area contributed by atoms with Crippen LogP contribution < -0.4 is 0 Å². The molecule has 0 spiro atoms. The minimum absolute atomic E-state index is 0.131. The molecule has 106 valence electrons. The summed E-state index contributed by atoms with van der Waals surface area (Å²) in [6.45, 7) is 6.29. The highest BCUT2D eigenvalue weighted by molar-refractivity contribution is 5.73. The van der Waals surface area contributed by atoms with E-state index in [2.05, 4.69) is 26.0 Å². The number of hydrogen-bond donors (Lipinski definition) is 2. The Morgan fingerprint density at radius 3 is 1.95 bits per heavy atom. The summed E-state index contributed by atoms with van der Waals surface area (Å²) >= 11 is 0. The third-order valence-corrected chi connectivity index (χ3v) is 3.86. The van der Waals surface area contributed by atoms with Gasteiger partial charge in [-0.05, 0) is 47.6 Å². The van der Waals surface area contributed by atoms with Crippen molar-refractivity contribution in [2.45, 2.75) is 40.0 Å². The van der Waals surface area contributed by atoms with Gasteiger partial charge < -0.3 is 10.2 Å². The summed E-state index contributed by atoms with van der Waals surface area (Å²) in [5, 5.41) is 19.9. The zero-order valence-corrected chi connectivity index (χ0v) is 12.4. The monoisotopic (exact) mass is 270 g/mol. The quantitative estimate of drug-likeness (QED) is 0.861. The molecule has 0 bridgehead atoms. The van der Waals surface area contributed by atoms with Crippen molar-refractivity contribution in [1.29, 1.82) is 0 Å². The average molecular weight is 270 g/mol. The van der Waals surface area contributed by atoms with Crippen molar-refractivity contribution in [2.75, 3.05) is 0 Å². The van der Waals surface area contributed by atoms with Crippen LogP contribution in [-0.2, 0) is 19.3 Å². The van der Waals surface area contributed by atoms with Gasteiger partial charge in [-0.25, -0.2) is 0 Å². The number of rotatable bonds is 4. The van der Waals surface area contributed by atoms with Crippen LogP contribution in [0.25, 0.3) is 11.1 Å². The Morgan fingerprint density at radius 2 is 1.35 bits per heavy atom. The molecule has 0 aliphatic rings. The Kier molecular flexibility index (Phi) is 4.33. The van der Waals surface area contributed by atoms with Gasteiger partial charge in [-0.1, -0.05) is 39.0 Å². The maximum Gasteiger partial charge on any atom is 0.127 e. The fourth-order valence-electron chi connectivity index (χ4n) is 2.60. The molecule has 2 aromatic carbocycles. The first-order valence-corrected chi connectivity index (χ1v) is 7.27. The Bertz CT molecular complexity index is 615. The van der Waals surface area contributed by atoms with E-state index in [0.29, 0.717) is 0 Å². The van der Waals surface area contributed by atoms with Crippen LogP contribution in [0.3, 0.4) is 0 Å². The zero-order valence-electron chi connectivity index (χ0n) is 12.4. The third kappa shape index (κ3) is 2.64. The minimum Gasteiger partial charge on any atom is -0.508 e. The number of aryl methyl sites for hydroxylation is 3. The highest BCUT2D eigenvalue weighted by Gasteiger charge is 2.11. The highest BCUT2D eigenvalue weighted by atomic mass is 16.3. The first kappa shape index (κ1) is 14.4. The molecule has 0 amide bonds. The summed E-state index contributed by atoms with van der Waals surface area (Å²) in [4.78, 5) is 0. The molecule has 0 atom stereocenters. The van der Waals surface area contributed by atoms with Crippen molar-refractivity contribution >= 4 is 0 Å². The molecule has 0 unspecified atom stereocenters. The Hall–Kier alpha value is -1.96. The van der Waals surface area contributed by atoms with Crippen LogP contribution in [-0.4, -0.2) is 10.2 Å². The van der Waals surface area contributed by atoms with E-state index in [1.807, 2.05) is 19.1 Å². The molecule has 2 nitrogen and oxygen atoms in total. The van der Waals surface area contributed by atoms with Crippen molar-refractivity contribution in [1.82, 2.24) is 0 Å². The van der Waals surface area contributed by atoms with Crippen molar-refractivity contribution in [3.8, 4) is 22.6 Å². The molecule has 0 fully saturated rings. The minimum atomic E-state index is 0.131. The third-order valence-electron chi connectivity index (χ3n) is 3.86. The first-order valence-electron chi connectivity index (χ1n) is 7.27. The van der Waals surface area contributed by atoms with Gasteiger partial charge in [-0.2, -0.15) is 0 Å². The fourth-order valence-corrected chi connectivity index (χ4v) is 2.60. The second kappa shape index (κ2) is 6.00. The van der Waals surface area contributed by atoms with E-state index in [0.717, 1.165) is 36.0 Å². The summed E-state index contributed by atoms with van der Waals surface area (Å²) in [5.41, 5.74) is 5.32. The van der Waals surface area contributed by atoms with E-state index in [-0.39, 0.29) is 11.5 Å². The van der Waals surface area contributed by atoms with Gasteiger partial charge in [-0.15, -0.1) is 0 Å². The van der Waals surface area contributed by atoms with E-state index in [9.17, 15) is 10.2 Å². The molecule has 0 aliphatic heterocycles. The number of aromatic hydroxyl groups is 2. The van der Waals surface area contributed by atoms with Crippen LogP contribution in [0.15, 0.2) is 30.3 Å². The van der Waals surface area contributed by atoms with Crippen LogP contribution >= 0.6 is 0 Å². The first-order chi connectivity index (χ1) is 9.60. The lowest BCUT2D eigenvalue weighted by Crippen LogP contribution is -1.93. The molecule has 0 aromatic heterocycles.